The number of rotatable bonds is 4. The van der Waals surface area contributed by atoms with Gasteiger partial charge in [-0.1, -0.05) is 55.1 Å². The normalized spacial score (nSPS) is 12.1. The van der Waals surface area contributed by atoms with Crippen molar-refractivity contribution in [3.63, 3.8) is 0 Å². The number of nitrogens with one attached hydrogen (secondary N) is 1. The van der Waals surface area contributed by atoms with Crippen molar-refractivity contribution in [2.75, 3.05) is 5.32 Å². The molecule has 1 N–H and O–H groups in total. The van der Waals surface area contributed by atoms with E-state index in [0.717, 1.165) is 23.6 Å². The third kappa shape index (κ3) is 2.55. The van der Waals surface area contributed by atoms with Gasteiger partial charge < -0.3 is 5.32 Å². The highest BCUT2D eigenvalue weighted by Gasteiger charge is 2.10. The summed E-state index contributed by atoms with van der Waals surface area (Å²) in [5.41, 5.74) is 0. The third-order valence-electron chi connectivity index (χ3n) is 2.73. The van der Waals surface area contributed by atoms with Crippen LogP contribution in [0.15, 0.2) is 24.3 Å². The molecule has 0 aliphatic carbocycles. The number of terminal acetylenes is 1. The summed E-state index contributed by atoms with van der Waals surface area (Å²) in [4.78, 5) is 0. The fourth-order valence-electron chi connectivity index (χ4n) is 1.83. The van der Waals surface area contributed by atoms with E-state index in [4.69, 9.17) is 18.0 Å². The van der Waals surface area contributed by atoms with Gasteiger partial charge in [0.25, 0.3) is 0 Å². The highest BCUT2D eigenvalue weighted by molar-refractivity contribution is 6.34. The molecule has 0 aliphatic rings. The fourth-order valence-corrected chi connectivity index (χ4v) is 2.03. The minimum atomic E-state index is -0.0334. The van der Waals surface area contributed by atoms with E-state index in [-0.39, 0.29) is 6.04 Å². The smallest absolute Gasteiger partial charge is 0.159 e. The predicted octanol–water partition coefficient (Wildman–Crippen LogP) is 3.50. The average molecular weight is 260 g/mol. The summed E-state index contributed by atoms with van der Waals surface area (Å²) in [7, 11) is 0. The number of aromatic nitrogens is 2. The van der Waals surface area contributed by atoms with Crippen molar-refractivity contribution in [3.8, 4) is 12.3 Å². The molecule has 0 spiro atoms. The number of halogens is 1. The van der Waals surface area contributed by atoms with Crippen molar-refractivity contribution in [1.82, 2.24) is 10.2 Å². The maximum Gasteiger partial charge on any atom is 0.159 e. The van der Waals surface area contributed by atoms with Crippen molar-refractivity contribution in [3.05, 3.63) is 29.4 Å². The minimum Gasteiger partial charge on any atom is -0.354 e. The van der Waals surface area contributed by atoms with Crippen LogP contribution >= 0.6 is 11.6 Å². The lowest BCUT2D eigenvalue weighted by Gasteiger charge is -2.14. The van der Waals surface area contributed by atoms with Gasteiger partial charge in [0.2, 0.25) is 0 Å². The molecule has 18 heavy (non-hydrogen) atoms. The molecule has 0 fully saturated rings. The van der Waals surface area contributed by atoms with Gasteiger partial charge >= 0.3 is 0 Å². The lowest BCUT2D eigenvalue weighted by molar-refractivity contribution is 0.751. The quantitative estimate of drug-likeness (QED) is 0.854. The van der Waals surface area contributed by atoms with Crippen LogP contribution in [-0.4, -0.2) is 16.2 Å². The van der Waals surface area contributed by atoms with Crippen LogP contribution in [0.1, 0.15) is 19.8 Å². The number of fused-ring (bicyclic) bond motifs is 1. The van der Waals surface area contributed by atoms with E-state index in [2.05, 4.69) is 28.4 Å². The van der Waals surface area contributed by atoms with E-state index >= 15 is 0 Å². The highest BCUT2D eigenvalue weighted by atomic mass is 35.5. The monoisotopic (exact) mass is 259 g/mol. The van der Waals surface area contributed by atoms with Gasteiger partial charge in [-0.3, -0.25) is 0 Å². The van der Waals surface area contributed by atoms with Crippen LogP contribution < -0.4 is 5.32 Å². The number of nitrogens with zero attached hydrogens (tertiary/aromatic N) is 2. The molecule has 1 unspecified atom stereocenters. The van der Waals surface area contributed by atoms with Crippen LogP contribution in [0, 0.1) is 12.3 Å². The topological polar surface area (TPSA) is 37.8 Å². The van der Waals surface area contributed by atoms with Crippen LogP contribution in [0.4, 0.5) is 5.82 Å². The van der Waals surface area contributed by atoms with Gasteiger partial charge in [-0.05, 0) is 6.42 Å². The average Bonchev–Trinajstić information content (AvgIpc) is 2.41. The van der Waals surface area contributed by atoms with Crippen molar-refractivity contribution in [2.45, 2.75) is 25.8 Å². The summed E-state index contributed by atoms with van der Waals surface area (Å²) in [5, 5.41) is 13.5. The van der Waals surface area contributed by atoms with Gasteiger partial charge in [0.15, 0.2) is 11.0 Å². The first-order chi connectivity index (χ1) is 8.76. The molecular formula is C14H14ClN3. The van der Waals surface area contributed by atoms with E-state index in [9.17, 15) is 0 Å². The zero-order valence-electron chi connectivity index (χ0n) is 10.2. The maximum atomic E-state index is 6.02. The van der Waals surface area contributed by atoms with Gasteiger partial charge in [0, 0.05) is 10.8 Å². The Labute approximate surface area is 112 Å². The van der Waals surface area contributed by atoms with Crippen molar-refractivity contribution < 1.29 is 0 Å². The molecule has 3 nitrogen and oxygen atoms in total. The van der Waals surface area contributed by atoms with E-state index in [0.29, 0.717) is 11.0 Å². The first kappa shape index (κ1) is 12.7. The summed E-state index contributed by atoms with van der Waals surface area (Å²) in [6, 6.07) is 7.70. The highest BCUT2D eigenvalue weighted by Crippen LogP contribution is 2.26. The SMILES string of the molecule is C#CC(CCC)Nc1nnc(Cl)c2ccccc12. The zero-order valence-corrected chi connectivity index (χ0v) is 10.9. The van der Waals surface area contributed by atoms with E-state index in [1.807, 2.05) is 24.3 Å². The molecule has 0 saturated carbocycles. The second kappa shape index (κ2) is 5.70. The number of anilines is 1. The standard InChI is InChI=1S/C14H14ClN3/c1-3-7-10(4-2)16-14-12-9-6-5-8-11(12)13(15)17-18-14/h2,5-6,8-10H,3,7H2,1H3,(H,16,18). The lowest BCUT2D eigenvalue weighted by Crippen LogP contribution is -2.18. The van der Waals surface area contributed by atoms with Gasteiger partial charge in [-0.15, -0.1) is 16.6 Å². The molecule has 2 aromatic rings. The molecule has 2 rings (SSSR count). The molecule has 1 heterocycles. The van der Waals surface area contributed by atoms with Crippen molar-refractivity contribution in [2.24, 2.45) is 0 Å². The summed E-state index contributed by atoms with van der Waals surface area (Å²) in [6.07, 6.45) is 7.41. The Kier molecular flexibility index (Phi) is 4.01. The molecule has 1 atom stereocenters. The van der Waals surface area contributed by atoms with E-state index in [1.165, 1.54) is 0 Å². The van der Waals surface area contributed by atoms with Gasteiger partial charge in [-0.2, -0.15) is 0 Å². The molecule has 4 heteroatoms. The van der Waals surface area contributed by atoms with Gasteiger partial charge in [0.05, 0.1) is 6.04 Å². The summed E-state index contributed by atoms with van der Waals surface area (Å²) in [5.74, 6) is 3.41. The Morgan fingerprint density at radius 1 is 1.33 bits per heavy atom. The Morgan fingerprint density at radius 2 is 2.06 bits per heavy atom. The summed E-state index contributed by atoms with van der Waals surface area (Å²) in [6.45, 7) is 2.09. The molecule has 0 aliphatic heterocycles. The zero-order chi connectivity index (χ0) is 13.0. The number of hydrogen-bond acceptors (Lipinski definition) is 3. The molecular weight excluding hydrogens is 246 g/mol. The van der Waals surface area contributed by atoms with E-state index < -0.39 is 0 Å². The van der Waals surface area contributed by atoms with Crippen molar-refractivity contribution >= 4 is 28.2 Å². The first-order valence-corrected chi connectivity index (χ1v) is 6.27. The number of hydrogen-bond donors (Lipinski definition) is 1. The summed E-state index contributed by atoms with van der Waals surface area (Å²) < 4.78 is 0. The van der Waals surface area contributed by atoms with Crippen LogP contribution in [0.5, 0.6) is 0 Å². The Bertz CT molecular complexity index is 589. The molecule has 92 valence electrons. The van der Waals surface area contributed by atoms with Crippen LogP contribution in [0.25, 0.3) is 10.8 Å². The predicted molar refractivity (Wildman–Crippen MR) is 75.7 cm³/mol. The van der Waals surface area contributed by atoms with Gasteiger partial charge in [0.1, 0.15) is 0 Å². The lowest BCUT2D eigenvalue weighted by atomic mass is 10.1. The minimum absolute atomic E-state index is 0.0334. The van der Waals surface area contributed by atoms with Gasteiger partial charge in [-0.25, -0.2) is 0 Å². The van der Waals surface area contributed by atoms with Crippen LogP contribution in [0.3, 0.4) is 0 Å². The van der Waals surface area contributed by atoms with Crippen LogP contribution in [-0.2, 0) is 0 Å². The van der Waals surface area contributed by atoms with E-state index in [1.54, 1.807) is 0 Å². The molecule has 1 aromatic heterocycles. The Hall–Kier alpha value is -1.79. The third-order valence-corrected chi connectivity index (χ3v) is 3.01. The molecule has 0 amide bonds. The second-order valence-electron chi connectivity index (χ2n) is 4.04. The summed E-state index contributed by atoms with van der Waals surface area (Å²) >= 11 is 6.02. The maximum absolute atomic E-state index is 6.02. The Morgan fingerprint density at radius 3 is 2.72 bits per heavy atom. The number of benzene rings is 1. The fraction of sp³-hybridized carbons (Fsp3) is 0.286. The Balaban J connectivity index is 2.40. The first-order valence-electron chi connectivity index (χ1n) is 5.89. The molecule has 0 radical (unpaired) electrons. The van der Waals surface area contributed by atoms with Crippen LogP contribution in [0.2, 0.25) is 5.15 Å². The van der Waals surface area contributed by atoms with Crippen molar-refractivity contribution in [1.29, 1.82) is 0 Å². The second-order valence-corrected chi connectivity index (χ2v) is 4.40. The molecule has 1 aromatic carbocycles. The largest absolute Gasteiger partial charge is 0.354 e. The molecule has 0 saturated heterocycles. The molecule has 0 bridgehead atoms.